The van der Waals surface area contributed by atoms with Gasteiger partial charge in [-0.05, 0) is 36.5 Å². The molecule has 8 heteroatoms. The van der Waals surface area contributed by atoms with Crippen molar-refractivity contribution >= 4 is 16.7 Å². The zero-order valence-corrected chi connectivity index (χ0v) is 16.3. The van der Waals surface area contributed by atoms with Crippen LogP contribution in [0.5, 0.6) is 0 Å². The van der Waals surface area contributed by atoms with E-state index in [4.69, 9.17) is 4.74 Å². The highest BCUT2D eigenvalue weighted by molar-refractivity contribution is 5.90. The lowest BCUT2D eigenvalue weighted by atomic mass is 9.72. The van der Waals surface area contributed by atoms with Gasteiger partial charge in [-0.3, -0.25) is 0 Å². The standard InChI is InChI=1S/C21H25F3N4O/c22-21(23,24)8-16-1-2-18-17(7-16)19(26-14-25-18)28-12-20(13-28)10-27(11-20)9-15-3-5-29-6-4-15/h1-2,7,14-15H,3-6,8-13H2. The summed E-state index contributed by atoms with van der Waals surface area (Å²) >= 11 is 0. The number of hydrogen-bond donors (Lipinski definition) is 0. The van der Waals surface area contributed by atoms with Crippen LogP contribution < -0.4 is 4.90 Å². The molecule has 3 fully saturated rings. The van der Waals surface area contributed by atoms with Crippen molar-refractivity contribution < 1.29 is 17.9 Å². The second-order valence-corrected chi connectivity index (χ2v) is 8.92. The van der Waals surface area contributed by atoms with Crippen molar-refractivity contribution in [2.45, 2.75) is 25.4 Å². The first kappa shape index (κ1) is 19.1. The van der Waals surface area contributed by atoms with Crippen LogP contribution in [0.25, 0.3) is 10.9 Å². The van der Waals surface area contributed by atoms with Gasteiger partial charge in [-0.2, -0.15) is 13.2 Å². The SMILES string of the molecule is FC(F)(F)Cc1ccc2ncnc(N3CC4(CN(CC5CCOCC5)C4)C3)c2c1. The zero-order chi connectivity index (χ0) is 20.1. The van der Waals surface area contributed by atoms with E-state index in [1.54, 1.807) is 12.1 Å². The molecule has 5 rings (SSSR count). The van der Waals surface area contributed by atoms with E-state index < -0.39 is 12.6 Å². The van der Waals surface area contributed by atoms with Crippen molar-refractivity contribution in [3.05, 3.63) is 30.1 Å². The molecule has 0 amide bonds. The number of nitrogens with zero attached hydrogens (tertiary/aromatic N) is 4. The molecule has 0 N–H and O–H groups in total. The Morgan fingerprint density at radius 3 is 2.55 bits per heavy atom. The largest absolute Gasteiger partial charge is 0.393 e. The van der Waals surface area contributed by atoms with Crippen LogP contribution in [0.3, 0.4) is 0 Å². The van der Waals surface area contributed by atoms with Crippen LogP contribution in [-0.2, 0) is 11.2 Å². The predicted molar refractivity (Wildman–Crippen MR) is 104 cm³/mol. The second-order valence-electron chi connectivity index (χ2n) is 8.92. The third-order valence-corrected chi connectivity index (χ3v) is 6.41. The highest BCUT2D eigenvalue weighted by Crippen LogP contribution is 2.43. The second kappa shape index (κ2) is 7.09. The van der Waals surface area contributed by atoms with Gasteiger partial charge in [0.1, 0.15) is 12.1 Å². The lowest BCUT2D eigenvalue weighted by Gasteiger charge is -2.61. The van der Waals surface area contributed by atoms with Crippen molar-refractivity contribution in [3.63, 3.8) is 0 Å². The van der Waals surface area contributed by atoms with Crippen molar-refractivity contribution in [2.75, 3.05) is 50.8 Å². The van der Waals surface area contributed by atoms with Gasteiger partial charge in [-0.1, -0.05) is 6.07 Å². The van der Waals surface area contributed by atoms with E-state index in [2.05, 4.69) is 19.8 Å². The fraction of sp³-hybridized carbons (Fsp3) is 0.619. The molecule has 3 saturated heterocycles. The summed E-state index contributed by atoms with van der Waals surface area (Å²) < 4.78 is 43.8. The van der Waals surface area contributed by atoms with Gasteiger partial charge in [0.15, 0.2) is 0 Å². The molecule has 0 saturated carbocycles. The van der Waals surface area contributed by atoms with Gasteiger partial charge in [-0.15, -0.1) is 0 Å². The maximum absolute atomic E-state index is 12.8. The van der Waals surface area contributed by atoms with E-state index in [0.29, 0.717) is 16.3 Å². The molecule has 1 aromatic heterocycles. The van der Waals surface area contributed by atoms with Crippen LogP contribution in [0, 0.1) is 11.3 Å². The Morgan fingerprint density at radius 2 is 1.83 bits per heavy atom. The lowest BCUT2D eigenvalue weighted by Crippen LogP contribution is -2.72. The smallest absolute Gasteiger partial charge is 0.381 e. The normalized spacial score (nSPS) is 22.7. The van der Waals surface area contributed by atoms with Gasteiger partial charge in [0.25, 0.3) is 0 Å². The number of anilines is 1. The summed E-state index contributed by atoms with van der Waals surface area (Å²) in [4.78, 5) is 13.4. The van der Waals surface area contributed by atoms with E-state index in [0.717, 1.165) is 70.5 Å². The average Bonchev–Trinajstić information content (AvgIpc) is 2.62. The Labute approximate surface area is 167 Å². The van der Waals surface area contributed by atoms with Crippen LogP contribution in [-0.4, -0.2) is 67.0 Å². The summed E-state index contributed by atoms with van der Waals surface area (Å²) in [6.07, 6.45) is -1.33. The fourth-order valence-electron chi connectivity index (χ4n) is 5.12. The first-order chi connectivity index (χ1) is 13.9. The Kier molecular flexibility index (Phi) is 4.66. The number of alkyl halides is 3. The molecule has 1 aromatic carbocycles. The molecule has 0 unspecified atom stereocenters. The molecule has 0 bridgehead atoms. The maximum atomic E-state index is 12.8. The lowest BCUT2D eigenvalue weighted by molar-refractivity contribution is -0.127. The molecule has 3 aliphatic rings. The van der Waals surface area contributed by atoms with Gasteiger partial charge in [0, 0.05) is 56.7 Å². The van der Waals surface area contributed by atoms with Crippen molar-refractivity contribution in [3.8, 4) is 0 Å². The molecule has 29 heavy (non-hydrogen) atoms. The number of hydrogen-bond acceptors (Lipinski definition) is 5. The predicted octanol–water partition coefficient (Wildman–Crippen LogP) is 3.28. The Morgan fingerprint density at radius 1 is 1.07 bits per heavy atom. The maximum Gasteiger partial charge on any atom is 0.393 e. The van der Waals surface area contributed by atoms with Gasteiger partial charge >= 0.3 is 6.18 Å². The average molecular weight is 406 g/mol. The van der Waals surface area contributed by atoms with E-state index in [9.17, 15) is 13.2 Å². The van der Waals surface area contributed by atoms with E-state index >= 15 is 0 Å². The highest BCUT2D eigenvalue weighted by atomic mass is 19.4. The minimum atomic E-state index is -4.22. The van der Waals surface area contributed by atoms with Crippen molar-refractivity contribution in [2.24, 2.45) is 11.3 Å². The van der Waals surface area contributed by atoms with E-state index in [-0.39, 0.29) is 5.56 Å². The van der Waals surface area contributed by atoms with Crippen molar-refractivity contribution in [1.29, 1.82) is 0 Å². The number of likely N-dealkylation sites (tertiary alicyclic amines) is 1. The molecular formula is C21H25F3N4O. The summed E-state index contributed by atoms with van der Waals surface area (Å²) in [7, 11) is 0. The molecule has 0 atom stereocenters. The van der Waals surface area contributed by atoms with E-state index in [1.807, 2.05) is 0 Å². The molecule has 156 valence electrons. The fourth-order valence-corrected chi connectivity index (χ4v) is 5.12. The summed E-state index contributed by atoms with van der Waals surface area (Å²) in [5.74, 6) is 1.50. The molecule has 2 aromatic rings. The van der Waals surface area contributed by atoms with Crippen LogP contribution in [0.15, 0.2) is 24.5 Å². The minimum absolute atomic E-state index is 0.252. The molecule has 1 spiro atoms. The summed E-state index contributed by atoms with van der Waals surface area (Å²) in [6.45, 7) is 6.94. The third kappa shape index (κ3) is 3.92. The third-order valence-electron chi connectivity index (χ3n) is 6.41. The number of ether oxygens (including phenoxy) is 1. The molecule has 5 nitrogen and oxygen atoms in total. The molecule has 3 aliphatic heterocycles. The minimum Gasteiger partial charge on any atom is -0.381 e. The summed E-state index contributed by atoms with van der Waals surface area (Å²) in [5, 5.41) is 0.711. The first-order valence-corrected chi connectivity index (χ1v) is 10.2. The molecule has 4 heterocycles. The quantitative estimate of drug-likeness (QED) is 0.780. The van der Waals surface area contributed by atoms with Gasteiger partial charge in [0.2, 0.25) is 0 Å². The Bertz CT molecular complexity index is 883. The number of aromatic nitrogens is 2. The topological polar surface area (TPSA) is 41.5 Å². The van der Waals surface area contributed by atoms with Gasteiger partial charge in [-0.25, -0.2) is 9.97 Å². The van der Waals surface area contributed by atoms with Crippen LogP contribution in [0.2, 0.25) is 0 Å². The number of fused-ring (bicyclic) bond motifs is 1. The number of rotatable bonds is 4. The van der Waals surface area contributed by atoms with Crippen LogP contribution in [0.4, 0.5) is 19.0 Å². The highest BCUT2D eigenvalue weighted by Gasteiger charge is 2.52. The Balaban J connectivity index is 1.24. The summed E-state index contributed by atoms with van der Waals surface area (Å²) in [6, 6.07) is 4.77. The van der Waals surface area contributed by atoms with E-state index in [1.165, 1.54) is 12.4 Å². The Hall–Kier alpha value is -1.93. The molecular weight excluding hydrogens is 381 g/mol. The van der Waals surface area contributed by atoms with Crippen molar-refractivity contribution in [1.82, 2.24) is 14.9 Å². The van der Waals surface area contributed by atoms with Gasteiger partial charge in [0.05, 0.1) is 11.9 Å². The number of benzene rings is 1. The first-order valence-electron chi connectivity index (χ1n) is 10.2. The molecule has 0 aliphatic carbocycles. The number of halogens is 3. The summed E-state index contributed by atoms with van der Waals surface area (Å²) in [5.41, 5.74) is 1.26. The monoisotopic (exact) mass is 406 g/mol. The van der Waals surface area contributed by atoms with Crippen LogP contribution >= 0.6 is 0 Å². The molecule has 0 radical (unpaired) electrons. The van der Waals surface area contributed by atoms with Crippen LogP contribution in [0.1, 0.15) is 18.4 Å². The zero-order valence-electron chi connectivity index (χ0n) is 16.3. The van der Waals surface area contributed by atoms with Gasteiger partial charge < -0.3 is 14.5 Å².